The van der Waals surface area contributed by atoms with E-state index in [-0.39, 0.29) is 12.2 Å². The first-order chi connectivity index (χ1) is 15.5. The lowest BCUT2D eigenvalue weighted by Gasteiger charge is -2.17. The van der Waals surface area contributed by atoms with Crippen molar-refractivity contribution >= 4 is 11.8 Å². The number of hydrogen-bond donors (Lipinski definition) is 2. The topological polar surface area (TPSA) is 102 Å². The van der Waals surface area contributed by atoms with Crippen molar-refractivity contribution in [3.8, 4) is 5.75 Å². The summed E-state index contributed by atoms with van der Waals surface area (Å²) in [6.07, 6.45) is 5.91. The molecule has 1 atom stereocenters. The van der Waals surface area contributed by atoms with Gasteiger partial charge in [0.1, 0.15) is 11.9 Å². The van der Waals surface area contributed by atoms with Crippen molar-refractivity contribution in [2.45, 2.75) is 44.6 Å². The molecule has 0 spiro atoms. The third-order valence-corrected chi connectivity index (χ3v) is 5.58. The van der Waals surface area contributed by atoms with E-state index in [4.69, 9.17) is 9.72 Å². The van der Waals surface area contributed by atoms with Gasteiger partial charge in [-0.3, -0.25) is 4.79 Å². The molecule has 4 rings (SSSR count). The van der Waals surface area contributed by atoms with Gasteiger partial charge in [0.15, 0.2) is 11.6 Å². The molecule has 0 bridgehead atoms. The second-order valence-corrected chi connectivity index (χ2v) is 7.86. The summed E-state index contributed by atoms with van der Waals surface area (Å²) >= 11 is 0. The molecule has 168 valence electrons. The Bertz CT molecular complexity index is 1100. The lowest BCUT2D eigenvalue weighted by atomic mass is 10.0. The van der Waals surface area contributed by atoms with Crippen molar-refractivity contribution in [1.29, 1.82) is 0 Å². The Labute approximate surface area is 185 Å². The van der Waals surface area contributed by atoms with Gasteiger partial charge in [-0.15, -0.1) is 0 Å². The molecular weight excluding hydrogens is 413 g/mol. The molecule has 3 aromatic rings. The van der Waals surface area contributed by atoms with Gasteiger partial charge in [-0.1, -0.05) is 12.1 Å². The second kappa shape index (κ2) is 9.76. The number of nitrogens with zero attached hydrogens (tertiary/aromatic N) is 4. The third kappa shape index (κ3) is 5.04. The van der Waals surface area contributed by atoms with Gasteiger partial charge >= 0.3 is 5.97 Å². The largest absolute Gasteiger partial charge is 0.494 e. The predicted molar refractivity (Wildman–Crippen MR) is 116 cm³/mol. The van der Waals surface area contributed by atoms with Crippen LogP contribution in [0, 0.1) is 5.82 Å². The number of hydrogen-bond acceptors (Lipinski definition) is 6. The number of fused-ring (bicyclic) bond motifs is 1. The van der Waals surface area contributed by atoms with Gasteiger partial charge in [0.05, 0.1) is 25.4 Å². The minimum Gasteiger partial charge on any atom is -0.494 e. The van der Waals surface area contributed by atoms with Gasteiger partial charge < -0.3 is 15.2 Å². The summed E-state index contributed by atoms with van der Waals surface area (Å²) < 4.78 is 19.1. The number of aryl methyl sites for hydroxylation is 3. The van der Waals surface area contributed by atoms with Crippen LogP contribution >= 0.6 is 0 Å². The predicted octanol–water partition coefficient (Wildman–Crippen LogP) is 3.42. The average Bonchev–Trinajstić information content (AvgIpc) is 3.26. The van der Waals surface area contributed by atoms with Crippen LogP contribution < -0.4 is 10.1 Å². The molecule has 0 radical (unpaired) electrons. The number of aromatic nitrogens is 4. The molecule has 2 aromatic heterocycles. The molecule has 9 heteroatoms. The van der Waals surface area contributed by atoms with Crippen molar-refractivity contribution in [3.05, 3.63) is 64.9 Å². The first-order valence-corrected chi connectivity index (χ1v) is 10.7. The lowest BCUT2D eigenvalue weighted by Crippen LogP contribution is -2.18. The van der Waals surface area contributed by atoms with Gasteiger partial charge in [0.25, 0.3) is 0 Å². The Morgan fingerprint density at radius 3 is 2.91 bits per heavy atom. The SMILES string of the molecule is COc1ccc(C(CC(=O)O)n2ncc(CCCc3ccc4c(n3)NCCC4)n2)cc1F. The number of carbonyl (C=O) groups is 1. The summed E-state index contributed by atoms with van der Waals surface area (Å²) in [7, 11) is 1.38. The van der Waals surface area contributed by atoms with Gasteiger partial charge in [-0.25, -0.2) is 9.37 Å². The highest BCUT2D eigenvalue weighted by molar-refractivity contribution is 5.68. The number of ether oxygens (including phenoxy) is 1. The number of nitrogens with one attached hydrogen (secondary N) is 1. The van der Waals surface area contributed by atoms with Gasteiger partial charge in [0, 0.05) is 12.2 Å². The summed E-state index contributed by atoms with van der Waals surface area (Å²) in [5.74, 6) is -0.483. The van der Waals surface area contributed by atoms with E-state index < -0.39 is 17.8 Å². The van der Waals surface area contributed by atoms with Gasteiger partial charge in [0.2, 0.25) is 0 Å². The Hall–Kier alpha value is -3.49. The van der Waals surface area contributed by atoms with Crippen LogP contribution in [-0.2, 0) is 24.1 Å². The molecule has 1 aliphatic rings. The fourth-order valence-electron chi connectivity index (χ4n) is 3.92. The minimum atomic E-state index is -1.02. The van der Waals surface area contributed by atoms with E-state index >= 15 is 0 Å². The molecule has 0 amide bonds. The fourth-order valence-corrected chi connectivity index (χ4v) is 3.92. The Morgan fingerprint density at radius 2 is 2.12 bits per heavy atom. The molecule has 0 aliphatic carbocycles. The van der Waals surface area contributed by atoms with Crippen molar-refractivity contribution in [1.82, 2.24) is 20.0 Å². The highest BCUT2D eigenvalue weighted by Gasteiger charge is 2.21. The van der Waals surface area contributed by atoms with E-state index in [1.54, 1.807) is 12.3 Å². The van der Waals surface area contributed by atoms with E-state index in [9.17, 15) is 14.3 Å². The molecule has 0 saturated heterocycles. The molecule has 1 aromatic carbocycles. The number of carboxylic acid groups (broad SMARTS) is 1. The van der Waals surface area contributed by atoms with Crippen LogP contribution in [-0.4, -0.2) is 44.7 Å². The van der Waals surface area contributed by atoms with Crippen LogP contribution in [0.25, 0.3) is 0 Å². The number of anilines is 1. The first-order valence-electron chi connectivity index (χ1n) is 10.7. The van der Waals surface area contributed by atoms with E-state index in [0.717, 1.165) is 49.4 Å². The second-order valence-electron chi connectivity index (χ2n) is 7.86. The number of halogens is 1. The lowest BCUT2D eigenvalue weighted by molar-refractivity contribution is -0.137. The number of benzene rings is 1. The zero-order valence-electron chi connectivity index (χ0n) is 17.9. The van der Waals surface area contributed by atoms with Crippen LogP contribution in [0.4, 0.5) is 10.2 Å². The molecule has 1 aliphatic heterocycles. The van der Waals surface area contributed by atoms with Crippen molar-refractivity contribution in [3.63, 3.8) is 0 Å². The zero-order chi connectivity index (χ0) is 22.5. The van der Waals surface area contributed by atoms with Crippen molar-refractivity contribution in [2.24, 2.45) is 0 Å². The summed E-state index contributed by atoms with van der Waals surface area (Å²) in [6.45, 7) is 0.960. The van der Waals surface area contributed by atoms with E-state index in [2.05, 4.69) is 27.6 Å². The van der Waals surface area contributed by atoms with Crippen molar-refractivity contribution < 1.29 is 19.0 Å². The molecule has 8 nitrogen and oxygen atoms in total. The minimum absolute atomic E-state index is 0.0999. The quantitative estimate of drug-likeness (QED) is 0.527. The maximum absolute atomic E-state index is 14.2. The maximum atomic E-state index is 14.2. The van der Waals surface area contributed by atoms with E-state index in [1.165, 1.54) is 29.6 Å². The molecule has 0 fully saturated rings. The molecule has 1 unspecified atom stereocenters. The highest BCUT2D eigenvalue weighted by Crippen LogP contribution is 2.26. The zero-order valence-corrected chi connectivity index (χ0v) is 17.9. The normalized spacial score (nSPS) is 13.8. The number of aliphatic carboxylic acids is 1. The number of methoxy groups -OCH3 is 1. The number of rotatable bonds is 9. The summed E-state index contributed by atoms with van der Waals surface area (Å²) in [5, 5.41) is 21.4. The monoisotopic (exact) mass is 439 g/mol. The molecular formula is C23H26FN5O3. The molecule has 3 heterocycles. The van der Waals surface area contributed by atoms with Crippen LogP contribution in [0.15, 0.2) is 36.5 Å². The van der Waals surface area contributed by atoms with Crippen LogP contribution in [0.2, 0.25) is 0 Å². The van der Waals surface area contributed by atoms with Crippen molar-refractivity contribution in [2.75, 3.05) is 19.0 Å². The summed E-state index contributed by atoms with van der Waals surface area (Å²) in [5.41, 5.74) is 3.52. The van der Waals surface area contributed by atoms with Crippen LogP contribution in [0.1, 0.15) is 47.8 Å². The Balaban J connectivity index is 1.42. The maximum Gasteiger partial charge on any atom is 0.305 e. The Morgan fingerprint density at radius 1 is 1.28 bits per heavy atom. The van der Waals surface area contributed by atoms with Crippen LogP contribution in [0.3, 0.4) is 0 Å². The Kier molecular flexibility index (Phi) is 6.63. The number of pyridine rings is 1. The fraction of sp³-hybridized carbons (Fsp3) is 0.391. The molecule has 0 saturated carbocycles. The van der Waals surface area contributed by atoms with Gasteiger partial charge in [-0.05, 0) is 61.4 Å². The average molecular weight is 439 g/mol. The first kappa shape index (κ1) is 21.7. The smallest absolute Gasteiger partial charge is 0.305 e. The summed E-state index contributed by atoms with van der Waals surface area (Å²) in [6, 6.07) is 7.88. The highest BCUT2D eigenvalue weighted by atomic mass is 19.1. The molecule has 32 heavy (non-hydrogen) atoms. The molecule has 2 N–H and O–H groups in total. The van der Waals surface area contributed by atoms with E-state index in [1.807, 2.05) is 0 Å². The summed E-state index contributed by atoms with van der Waals surface area (Å²) in [4.78, 5) is 17.5. The van der Waals surface area contributed by atoms with E-state index in [0.29, 0.717) is 12.0 Å². The standard InChI is InChI=1S/C23H26FN5O3/c1-32-21-10-8-16(12-19(21)24)20(13-22(30)31)29-26-14-18(28-29)6-2-5-17-9-7-15-4-3-11-25-23(15)27-17/h7-10,12,14,20H,2-6,11,13H2,1H3,(H,25,27)(H,30,31). The van der Waals surface area contributed by atoms with Gasteiger partial charge in [-0.2, -0.15) is 15.0 Å². The van der Waals surface area contributed by atoms with Crippen LogP contribution in [0.5, 0.6) is 5.75 Å². The third-order valence-electron chi connectivity index (χ3n) is 5.58. The number of carboxylic acids is 1.